The Labute approximate surface area is 142 Å². The van der Waals surface area contributed by atoms with Crippen LogP contribution in [0.4, 0.5) is 10.1 Å². The van der Waals surface area contributed by atoms with E-state index in [2.05, 4.69) is 5.32 Å². The van der Waals surface area contributed by atoms with E-state index in [0.29, 0.717) is 11.4 Å². The number of thiophene rings is 1. The van der Waals surface area contributed by atoms with Gasteiger partial charge in [-0.3, -0.25) is 9.79 Å². The van der Waals surface area contributed by atoms with Gasteiger partial charge in [0.2, 0.25) is 0 Å². The molecule has 0 saturated carbocycles. The van der Waals surface area contributed by atoms with Gasteiger partial charge in [-0.15, -0.1) is 11.3 Å². The van der Waals surface area contributed by atoms with Gasteiger partial charge in [0.05, 0.1) is 11.4 Å². The van der Waals surface area contributed by atoms with Crippen LogP contribution in [-0.2, 0) is 4.79 Å². The summed E-state index contributed by atoms with van der Waals surface area (Å²) in [7, 11) is 0. The number of benzene rings is 2. The van der Waals surface area contributed by atoms with Crippen molar-refractivity contribution in [3.8, 4) is 0 Å². The Morgan fingerprint density at radius 2 is 1.79 bits per heavy atom. The number of hydrogen-bond acceptors (Lipinski definition) is 3. The molecule has 4 rings (SSSR count). The van der Waals surface area contributed by atoms with Crippen molar-refractivity contribution in [3.05, 3.63) is 87.9 Å². The smallest absolute Gasteiger partial charge is 0.254 e. The molecule has 2 aromatic carbocycles. The van der Waals surface area contributed by atoms with Crippen molar-refractivity contribution in [1.29, 1.82) is 0 Å². The van der Waals surface area contributed by atoms with Gasteiger partial charge >= 0.3 is 0 Å². The van der Waals surface area contributed by atoms with Crippen LogP contribution in [0.3, 0.4) is 0 Å². The zero-order valence-electron chi connectivity index (χ0n) is 12.6. The minimum atomic E-state index is -0.613. The number of aliphatic imine (C=N–C) groups is 1. The summed E-state index contributed by atoms with van der Waals surface area (Å²) in [5, 5.41) is 4.88. The number of halogens is 1. The maximum absolute atomic E-state index is 13.3. The molecule has 0 fully saturated rings. The van der Waals surface area contributed by atoms with Gasteiger partial charge in [0.25, 0.3) is 5.91 Å². The van der Waals surface area contributed by atoms with E-state index in [0.717, 1.165) is 16.0 Å². The topological polar surface area (TPSA) is 41.5 Å². The number of rotatable bonds is 2. The fraction of sp³-hybridized carbons (Fsp3) is 0.0526. The fourth-order valence-electron chi connectivity index (χ4n) is 2.73. The van der Waals surface area contributed by atoms with Crippen LogP contribution < -0.4 is 5.32 Å². The van der Waals surface area contributed by atoms with Crippen molar-refractivity contribution in [2.75, 3.05) is 5.32 Å². The molecule has 0 bridgehead atoms. The van der Waals surface area contributed by atoms with Crippen LogP contribution in [0.2, 0.25) is 0 Å². The van der Waals surface area contributed by atoms with Crippen molar-refractivity contribution in [3.63, 3.8) is 0 Å². The van der Waals surface area contributed by atoms with E-state index in [9.17, 15) is 9.18 Å². The van der Waals surface area contributed by atoms with Crippen molar-refractivity contribution in [1.82, 2.24) is 0 Å². The Kier molecular flexibility index (Phi) is 3.70. The van der Waals surface area contributed by atoms with Crippen LogP contribution in [0, 0.1) is 5.82 Å². The van der Waals surface area contributed by atoms with Gasteiger partial charge in [0.15, 0.2) is 6.04 Å². The van der Waals surface area contributed by atoms with Gasteiger partial charge in [-0.2, -0.15) is 0 Å². The van der Waals surface area contributed by atoms with Gasteiger partial charge in [-0.1, -0.05) is 24.3 Å². The van der Waals surface area contributed by atoms with Crippen LogP contribution in [-0.4, -0.2) is 11.6 Å². The third-order valence-corrected chi connectivity index (χ3v) is 4.80. The second-order valence-electron chi connectivity index (χ2n) is 5.44. The summed E-state index contributed by atoms with van der Waals surface area (Å²) in [6.07, 6.45) is 0. The first-order valence-electron chi connectivity index (χ1n) is 7.50. The second kappa shape index (κ2) is 6.02. The van der Waals surface area contributed by atoms with Crippen LogP contribution >= 0.6 is 11.3 Å². The van der Waals surface area contributed by atoms with Crippen LogP contribution in [0.25, 0.3) is 0 Å². The molecule has 1 atom stereocenters. The average molecular weight is 336 g/mol. The number of anilines is 1. The number of nitrogens with zero attached hydrogens (tertiary/aromatic N) is 1. The van der Waals surface area contributed by atoms with Crippen LogP contribution in [0.5, 0.6) is 0 Å². The third kappa shape index (κ3) is 2.63. The Balaban J connectivity index is 1.92. The highest BCUT2D eigenvalue weighted by atomic mass is 32.1. The summed E-state index contributed by atoms with van der Waals surface area (Å²) in [6.45, 7) is 0. The highest BCUT2D eigenvalue weighted by molar-refractivity contribution is 7.10. The highest BCUT2D eigenvalue weighted by Gasteiger charge is 2.27. The lowest BCUT2D eigenvalue weighted by molar-refractivity contribution is -0.117. The molecule has 0 saturated heterocycles. The molecular formula is C19H13FN2OS. The summed E-state index contributed by atoms with van der Waals surface area (Å²) < 4.78 is 13.3. The molecule has 3 aromatic rings. The molecule has 2 heterocycles. The SMILES string of the molecule is O=C1Nc2ccccc2C(c2ccc(F)cc2)=NC1c1cccs1. The van der Waals surface area contributed by atoms with E-state index in [4.69, 9.17) is 4.99 Å². The number of carbonyl (C=O) groups excluding carboxylic acids is 1. The van der Waals surface area contributed by atoms with Crippen LogP contribution in [0.1, 0.15) is 22.0 Å². The van der Waals surface area contributed by atoms with E-state index in [1.165, 1.54) is 23.5 Å². The number of benzodiazepines with no additional fused rings is 1. The molecule has 1 unspecified atom stereocenters. The monoisotopic (exact) mass is 336 g/mol. The molecule has 1 amide bonds. The molecule has 3 nitrogen and oxygen atoms in total. The first-order chi connectivity index (χ1) is 11.7. The summed E-state index contributed by atoms with van der Waals surface area (Å²) in [5.74, 6) is -0.465. The van der Waals surface area contributed by atoms with Gasteiger partial charge in [0, 0.05) is 16.0 Å². The molecule has 1 N–H and O–H groups in total. The van der Waals surface area contributed by atoms with Crippen molar-refractivity contribution in [2.45, 2.75) is 6.04 Å². The number of nitrogens with one attached hydrogen (secondary N) is 1. The van der Waals surface area contributed by atoms with Gasteiger partial charge in [-0.05, 0) is 41.8 Å². The quantitative estimate of drug-likeness (QED) is 0.739. The Bertz CT molecular complexity index is 917. The zero-order chi connectivity index (χ0) is 16.5. The predicted octanol–water partition coefficient (Wildman–Crippen LogP) is 4.42. The van der Waals surface area contributed by atoms with E-state index < -0.39 is 6.04 Å². The molecule has 1 aliphatic heterocycles. The van der Waals surface area contributed by atoms with Crippen molar-refractivity contribution >= 4 is 28.6 Å². The standard InChI is InChI=1S/C19H13FN2OS/c20-13-9-7-12(8-10-13)17-14-4-1-2-5-15(14)21-19(23)18(22-17)16-6-3-11-24-16/h1-11,18H,(H,21,23). The molecule has 0 radical (unpaired) electrons. The van der Waals surface area contributed by atoms with Crippen LogP contribution in [0.15, 0.2) is 71.0 Å². The number of para-hydroxylation sites is 1. The maximum Gasteiger partial charge on any atom is 0.254 e. The number of carbonyl (C=O) groups is 1. The lowest BCUT2D eigenvalue weighted by atomic mass is 10.0. The number of hydrogen-bond donors (Lipinski definition) is 1. The number of fused-ring (bicyclic) bond motifs is 1. The van der Waals surface area contributed by atoms with E-state index in [1.807, 2.05) is 41.8 Å². The van der Waals surface area contributed by atoms with E-state index >= 15 is 0 Å². The number of amides is 1. The Morgan fingerprint density at radius 1 is 1.00 bits per heavy atom. The average Bonchev–Trinajstić information content (AvgIpc) is 3.07. The summed E-state index contributed by atoms with van der Waals surface area (Å²) in [5.41, 5.74) is 3.01. The predicted molar refractivity (Wildman–Crippen MR) is 94.2 cm³/mol. The van der Waals surface area contributed by atoms with Gasteiger partial charge in [-0.25, -0.2) is 4.39 Å². The molecule has 24 heavy (non-hydrogen) atoms. The molecule has 5 heteroatoms. The van der Waals surface area contributed by atoms with Gasteiger partial charge in [0.1, 0.15) is 5.82 Å². The first kappa shape index (κ1) is 14.8. The van der Waals surface area contributed by atoms with Crippen molar-refractivity contribution in [2.24, 2.45) is 4.99 Å². The minimum absolute atomic E-state index is 0.165. The molecule has 1 aliphatic rings. The summed E-state index contributed by atoms with van der Waals surface area (Å²) in [6, 6.07) is 16.9. The third-order valence-electron chi connectivity index (χ3n) is 3.88. The van der Waals surface area contributed by atoms with E-state index in [1.54, 1.807) is 12.1 Å². The molecule has 1 aromatic heterocycles. The second-order valence-corrected chi connectivity index (χ2v) is 6.42. The molecule has 0 spiro atoms. The minimum Gasteiger partial charge on any atom is -0.323 e. The van der Waals surface area contributed by atoms with Crippen molar-refractivity contribution < 1.29 is 9.18 Å². The molecule has 0 aliphatic carbocycles. The first-order valence-corrected chi connectivity index (χ1v) is 8.38. The highest BCUT2D eigenvalue weighted by Crippen LogP contribution is 2.31. The largest absolute Gasteiger partial charge is 0.323 e. The maximum atomic E-state index is 13.3. The Hall–Kier alpha value is -2.79. The van der Waals surface area contributed by atoms with E-state index in [-0.39, 0.29) is 11.7 Å². The zero-order valence-corrected chi connectivity index (χ0v) is 13.4. The lowest BCUT2D eigenvalue weighted by Gasteiger charge is -2.09. The summed E-state index contributed by atoms with van der Waals surface area (Å²) in [4.78, 5) is 18.2. The lowest BCUT2D eigenvalue weighted by Crippen LogP contribution is -2.17. The summed E-state index contributed by atoms with van der Waals surface area (Å²) >= 11 is 1.49. The van der Waals surface area contributed by atoms with Gasteiger partial charge < -0.3 is 5.32 Å². The normalized spacial score (nSPS) is 16.8. The fourth-order valence-corrected chi connectivity index (χ4v) is 3.49. The Morgan fingerprint density at radius 3 is 2.54 bits per heavy atom. The molecular weight excluding hydrogens is 323 g/mol. The molecule has 118 valence electrons.